The lowest BCUT2D eigenvalue weighted by Crippen LogP contribution is -2.09. The second-order valence-corrected chi connectivity index (χ2v) is 7.53. The fourth-order valence-electron chi connectivity index (χ4n) is 2.56. The number of aromatic nitrogens is 3. The molecule has 0 aliphatic heterocycles. The van der Waals surface area contributed by atoms with Crippen LogP contribution in [0.15, 0.2) is 59.3 Å². The van der Waals surface area contributed by atoms with E-state index in [1.807, 2.05) is 18.2 Å². The van der Waals surface area contributed by atoms with Crippen molar-refractivity contribution in [2.24, 2.45) is 0 Å². The normalized spacial score (nSPS) is 11.6. The van der Waals surface area contributed by atoms with Crippen LogP contribution in [-0.2, 0) is 10.0 Å². The van der Waals surface area contributed by atoms with E-state index in [1.54, 1.807) is 36.7 Å². The molecule has 0 spiro atoms. The lowest BCUT2D eigenvalue weighted by Gasteiger charge is -2.06. The fraction of sp³-hybridized carbons (Fsp3) is 0.0588. The van der Waals surface area contributed by atoms with E-state index >= 15 is 0 Å². The van der Waals surface area contributed by atoms with Crippen molar-refractivity contribution < 1.29 is 12.8 Å². The van der Waals surface area contributed by atoms with Crippen molar-refractivity contribution >= 4 is 38.3 Å². The highest BCUT2D eigenvalue weighted by Crippen LogP contribution is 2.27. The molecule has 0 fully saturated rings. The van der Waals surface area contributed by atoms with Gasteiger partial charge in [-0.2, -0.15) is 5.10 Å². The third-order valence-corrected chi connectivity index (χ3v) is 4.25. The van der Waals surface area contributed by atoms with E-state index in [2.05, 4.69) is 25.2 Å². The lowest BCUT2D eigenvalue weighted by atomic mass is 10.1. The molecule has 0 unspecified atom stereocenters. The third kappa shape index (κ3) is 3.52. The second kappa shape index (κ2) is 6.19. The number of rotatable bonds is 5. The first-order valence-corrected chi connectivity index (χ1v) is 9.60. The van der Waals surface area contributed by atoms with Crippen molar-refractivity contribution in [1.29, 1.82) is 0 Å². The third-order valence-electron chi connectivity index (χ3n) is 3.65. The molecule has 132 valence electrons. The number of benzene rings is 2. The summed E-state index contributed by atoms with van der Waals surface area (Å²) >= 11 is 0. The predicted octanol–water partition coefficient (Wildman–Crippen LogP) is 3.33. The molecule has 3 N–H and O–H groups in total. The molecule has 26 heavy (non-hydrogen) atoms. The highest BCUT2D eigenvalue weighted by Gasteiger charge is 2.09. The van der Waals surface area contributed by atoms with Crippen molar-refractivity contribution in [2.45, 2.75) is 0 Å². The van der Waals surface area contributed by atoms with Crippen molar-refractivity contribution in [1.82, 2.24) is 15.2 Å². The molecule has 4 rings (SSSR count). The number of nitrogens with one attached hydrogen (secondary N) is 3. The van der Waals surface area contributed by atoms with E-state index in [4.69, 9.17) is 4.42 Å². The average molecular weight is 369 g/mol. The van der Waals surface area contributed by atoms with Crippen LogP contribution in [0.1, 0.15) is 0 Å². The molecule has 2 heterocycles. The second-order valence-electron chi connectivity index (χ2n) is 5.78. The van der Waals surface area contributed by atoms with Crippen LogP contribution in [0.5, 0.6) is 0 Å². The van der Waals surface area contributed by atoms with Crippen LogP contribution in [0.3, 0.4) is 0 Å². The predicted molar refractivity (Wildman–Crippen MR) is 99.8 cm³/mol. The summed E-state index contributed by atoms with van der Waals surface area (Å²) in [5.74, 6) is 0.612. The van der Waals surface area contributed by atoms with Crippen LogP contribution < -0.4 is 10.0 Å². The molecule has 9 heteroatoms. The molecule has 2 aromatic carbocycles. The average Bonchev–Trinajstić information content (AvgIpc) is 3.21. The van der Waals surface area contributed by atoms with Crippen LogP contribution in [-0.4, -0.2) is 29.9 Å². The van der Waals surface area contributed by atoms with Crippen molar-refractivity contribution in [3.05, 3.63) is 54.9 Å². The molecule has 0 aliphatic carbocycles. The Morgan fingerprint density at radius 1 is 1.08 bits per heavy atom. The Morgan fingerprint density at radius 2 is 1.92 bits per heavy atom. The highest BCUT2D eigenvalue weighted by molar-refractivity contribution is 7.92. The minimum atomic E-state index is -3.34. The zero-order valence-electron chi connectivity index (χ0n) is 13.7. The summed E-state index contributed by atoms with van der Waals surface area (Å²) in [6.07, 6.45) is 4.47. The van der Waals surface area contributed by atoms with Gasteiger partial charge in [-0.1, -0.05) is 6.07 Å². The fourth-order valence-corrected chi connectivity index (χ4v) is 3.11. The van der Waals surface area contributed by atoms with Gasteiger partial charge in [0.1, 0.15) is 0 Å². The smallest absolute Gasteiger partial charge is 0.299 e. The summed E-state index contributed by atoms with van der Waals surface area (Å²) in [6, 6.07) is 12.9. The molecular weight excluding hydrogens is 354 g/mol. The summed E-state index contributed by atoms with van der Waals surface area (Å²) in [6.45, 7) is 0. The van der Waals surface area contributed by atoms with Gasteiger partial charge in [-0.15, -0.1) is 0 Å². The number of H-pyrrole nitrogens is 1. The summed E-state index contributed by atoms with van der Waals surface area (Å²) < 4.78 is 30.8. The highest BCUT2D eigenvalue weighted by atomic mass is 32.2. The largest absolute Gasteiger partial charge is 0.423 e. The monoisotopic (exact) mass is 369 g/mol. The number of nitrogens with zero attached hydrogens (tertiary/aromatic N) is 2. The van der Waals surface area contributed by atoms with E-state index in [0.717, 1.165) is 22.7 Å². The first-order chi connectivity index (χ1) is 12.5. The van der Waals surface area contributed by atoms with Crippen molar-refractivity contribution in [3.8, 4) is 11.3 Å². The maximum Gasteiger partial charge on any atom is 0.299 e. The van der Waals surface area contributed by atoms with Crippen molar-refractivity contribution in [2.75, 3.05) is 16.3 Å². The van der Waals surface area contributed by atoms with Gasteiger partial charge in [-0.25, -0.2) is 13.4 Å². The number of aromatic amines is 1. The topological polar surface area (TPSA) is 113 Å². The van der Waals surface area contributed by atoms with Gasteiger partial charge in [0.15, 0.2) is 5.76 Å². The van der Waals surface area contributed by atoms with Gasteiger partial charge in [-0.05, 0) is 36.4 Å². The molecule has 0 bridgehead atoms. The first kappa shape index (κ1) is 16.2. The van der Waals surface area contributed by atoms with Gasteiger partial charge < -0.3 is 9.73 Å². The SMILES string of the molecule is CS(=O)(=O)Nc1cccc(Nc2ncc(-c3ccc4[nH]ncc4c3)o2)c1. The molecule has 4 aromatic rings. The van der Waals surface area contributed by atoms with Crippen LogP contribution in [0, 0.1) is 0 Å². The minimum Gasteiger partial charge on any atom is -0.423 e. The molecular formula is C17H15N5O3S. The molecule has 0 saturated carbocycles. The Kier molecular flexibility index (Phi) is 3.85. The summed E-state index contributed by atoms with van der Waals surface area (Å²) in [7, 11) is -3.34. The van der Waals surface area contributed by atoms with Gasteiger partial charge >= 0.3 is 0 Å². The van der Waals surface area contributed by atoms with E-state index in [0.29, 0.717) is 23.1 Å². The van der Waals surface area contributed by atoms with E-state index in [-0.39, 0.29) is 0 Å². The lowest BCUT2D eigenvalue weighted by molar-refractivity contribution is 0.592. The van der Waals surface area contributed by atoms with Gasteiger partial charge in [-0.3, -0.25) is 9.82 Å². The zero-order chi connectivity index (χ0) is 18.1. The number of hydrogen-bond acceptors (Lipinski definition) is 6. The summed E-state index contributed by atoms with van der Waals surface area (Å²) in [5, 5.41) is 10.9. The number of sulfonamides is 1. The molecule has 2 aromatic heterocycles. The Bertz CT molecular complexity index is 1180. The number of fused-ring (bicyclic) bond motifs is 1. The Morgan fingerprint density at radius 3 is 2.77 bits per heavy atom. The maximum atomic E-state index is 11.3. The number of anilines is 3. The van der Waals surface area contributed by atoms with E-state index < -0.39 is 10.0 Å². The van der Waals surface area contributed by atoms with Gasteiger partial charge in [0, 0.05) is 16.6 Å². The quantitative estimate of drug-likeness (QED) is 0.497. The summed E-state index contributed by atoms with van der Waals surface area (Å²) in [5.41, 5.74) is 2.93. The van der Waals surface area contributed by atoms with Crippen LogP contribution in [0.4, 0.5) is 17.4 Å². The molecule has 0 aliphatic rings. The Hall–Kier alpha value is -3.33. The van der Waals surface area contributed by atoms with Gasteiger partial charge in [0.05, 0.1) is 29.9 Å². The van der Waals surface area contributed by atoms with Gasteiger partial charge in [0.25, 0.3) is 6.01 Å². The van der Waals surface area contributed by atoms with E-state index in [1.165, 1.54) is 0 Å². The van der Waals surface area contributed by atoms with Crippen LogP contribution in [0.25, 0.3) is 22.2 Å². The number of hydrogen-bond donors (Lipinski definition) is 3. The van der Waals surface area contributed by atoms with Crippen LogP contribution in [0.2, 0.25) is 0 Å². The molecule has 0 atom stereocenters. The Balaban J connectivity index is 1.56. The summed E-state index contributed by atoms with van der Waals surface area (Å²) in [4.78, 5) is 4.22. The molecule has 0 amide bonds. The molecule has 0 radical (unpaired) electrons. The number of oxazole rings is 1. The molecule has 8 nitrogen and oxygen atoms in total. The Labute approximate surface area is 149 Å². The van der Waals surface area contributed by atoms with Crippen molar-refractivity contribution in [3.63, 3.8) is 0 Å². The van der Waals surface area contributed by atoms with E-state index in [9.17, 15) is 8.42 Å². The van der Waals surface area contributed by atoms with Crippen LogP contribution >= 0.6 is 0 Å². The van der Waals surface area contributed by atoms with Gasteiger partial charge in [0.2, 0.25) is 10.0 Å². The minimum absolute atomic E-state index is 0.309. The maximum absolute atomic E-state index is 11.3. The first-order valence-electron chi connectivity index (χ1n) is 7.70. The zero-order valence-corrected chi connectivity index (χ0v) is 14.5. The standard InChI is InChI=1S/C17H15N5O3S/c1-26(23,24)22-14-4-2-3-13(8-14)20-17-18-10-16(25-17)11-5-6-15-12(7-11)9-19-21-15/h2-10,22H,1H3,(H,18,20)(H,19,21). The molecule has 0 saturated heterocycles.